The van der Waals surface area contributed by atoms with Gasteiger partial charge in [-0.2, -0.15) is 0 Å². The minimum Gasteiger partial charge on any atom is -0.309 e. The van der Waals surface area contributed by atoms with Gasteiger partial charge in [-0.3, -0.25) is 0 Å². The van der Waals surface area contributed by atoms with E-state index in [-0.39, 0.29) is 0 Å². The van der Waals surface area contributed by atoms with Crippen LogP contribution in [0.15, 0.2) is 97.1 Å². The quantitative estimate of drug-likeness (QED) is 0.432. The van der Waals surface area contributed by atoms with E-state index in [9.17, 15) is 0 Å². The summed E-state index contributed by atoms with van der Waals surface area (Å²) in [5.74, 6) is 0. The van der Waals surface area contributed by atoms with Gasteiger partial charge in [-0.1, -0.05) is 72.8 Å². The summed E-state index contributed by atoms with van der Waals surface area (Å²) in [6.07, 6.45) is 2.20. The van der Waals surface area contributed by atoms with E-state index in [0.717, 1.165) is 0 Å². The first-order valence-corrected chi connectivity index (χ1v) is 8.26. The molecule has 1 aromatic heterocycles. The molecule has 0 radical (unpaired) electrons. The molecule has 4 aromatic rings. The number of nitrogens with zero attached hydrogens (tertiary/aromatic N) is 1. The van der Waals surface area contributed by atoms with Crippen LogP contribution >= 0.6 is 0 Å². The molecule has 0 aliphatic rings. The zero-order valence-electron chi connectivity index (χ0n) is 13.7. The smallest absolute Gasteiger partial charge is 0.0543 e. The van der Waals surface area contributed by atoms with Crippen LogP contribution < -0.4 is 0 Å². The van der Waals surface area contributed by atoms with Gasteiger partial charge in [0.2, 0.25) is 0 Å². The molecule has 3 aromatic carbocycles. The summed E-state index contributed by atoms with van der Waals surface area (Å²) in [6, 6.07) is 32.0. The van der Waals surface area contributed by atoms with Crippen molar-refractivity contribution in [3.05, 3.63) is 108 Å². The van der Waals surface area contributed by atoms with Crippen molar-refractivity contribution >= 4 is 16.5 Å². The Balaban J connectivity index is 2.02. The van der Waals surface area contributed by atoms with Crippen LogP contribution in [0.5, 0.6) is 0 Å². The van der Waals surface area contributed by atoms with E-state index >= 15 is 0 Å². The van der Waals surface area contributed by atoms with Crippen molar-refractivity contribution in [1.29, 1.82) is 0 Å². The Morgan fingerprint density at radius 3 is 2.08 bits per heavy atom. The number of benzene rings is 3. The van der Waals surface area contributed by atoms with E-state index in [1.54, 1.807) is 0 Å². The van der Waals surface area contributed by atoms with Crippen LogP contribution in [-0.2, 0) is 0 Å². The average Bonchev–Trinajstić information content (AvgIpc) is 3.03. The molecule has 24 heavy (non-hydrogen) atoms. The fourth-order valence-electron chi connectivity index (χ4n) is 3.29. The van der Waals surface area contributed by atoms with E-state index in [0.29, 0.717) is 0 Å². The second kappa shape index (κ2) is 6.21. The molecule has 0 atom stereocenters. The fraction of sp³-hybridized carbons (Fsp3) is 0.0435. The highest BCUT2D eigenvalue weighted by Crippen LogP contribution is 2.32. The Kier molecular flexibility index (Phi) is 3.76. The van der Waals surface area contributed by atoms with Gasteiger partial charge in [-0.15, -0.1) is 0 Å². The minimum absolute atomic E-state index is 1.18. The second-order valence-corrected chi connectivity index (χ2v) is 5.83. The zero-order chi connectivity index (χ0) is 16.4. The Hall–Kier alpha value is -3.06. The van der Waals surface area contributed by atoms with Gasteiger partial charge in [0.05, 0.1) is 11.2 Å². The summed E-state index contributed by atoms with van der Waals surface area (Å²) in [5.41, 5.74) is 6.12. The lowest BCUT2D eigenvalue weighted by molar-refractivity contribution is 1.10. The topological polar surface area (TPSA) is 4.93 Å². The van der Waals surface area contributed by atoms with Crippen LogP contribution in [0.25, 0.3) is 22.2 Å². The number of aromatic nitrogens is 1. The summed E-state index contributed by atoms with van der Waals surface area (Å²) in [4.78, 5) is 0. The van der Waals surface area contributed by atoms with Gasteiger partial charge in [-0.25, -0.2) is 0 Å². The molecule has 0 spiro atoms. The monoisotopic (exact) mass is 309 g/mol. The van der Waals surface area contributed by atoms with Crippen molar-refractivity contribution in [2.45, 2.75) is 6.92 Å². The van der Waals surface area contributed by atoms with Crippen LogP contribution in [0.3, 0.4) is 0 Å². The van der Waals surface area contributed by atoms with E-state index in [4.69, 9.17) is 0 Å². The Labute approximate surface area is 142 Å². The van der Waals surface area contributed by atoms with Crippen LogP contribution in [-0.4, -0.2) is 4.57 Å². The third kappa shape index (κ3) is 2.44. The second-order valence-electron chi connectivity index (χ2n) is 5.83. The molecule has 116 valence electrons. The molecule has 0 unspecified atom stereocenters. The molecule has 0 aliphatic heterocycles. The molecule has 0 aliphatic carbocycles. The number of para-hydroxylation sites is 2. The van der Waals surface area contributed by atoms with Crippen molar-refractivity contribution in [1.82, 2.24) is 4.57 Å². The van der Waals surface area contributed by atoms with Crippen molar-refractivity contribution in [3.8, 4) is 5.69 Å². The molecule has 1 nitrogen and oxygen atoms in total. The molecule has 0 bridgehead atoms. The maximum atomic E-state index is 2.34. The molecule has 1 heteroatoms. The first-order chi connectivity index (χ1) is 11.9. The lowest BCUT2D eigenvalue weighted by Crippen LogP contribution is -2.00. The maximum absolute atomic E-state index is 2.34. The normalized spacial score (nSPS) is 11.8. The summed E-state index contributed by atoms with van der Waals surface area (Å²) in [6.45, 7) is 2.11. The van der Waals surface area contributed by atoms with Gasteiger partial charge in [0, 0.05) is 16.6 Å². The molecular weight excluding hydrogens is 290 g/mol. The average molecular weight is 309 g/mol. The number of allylic oxidation sites excluding steroid dienone is 1. The van der Waals surface area contributed by atoms with E-state index in [1.807, 2.05) is 0 Å². The summed E-state index contributed by atoms with van der Waals surface area (Å²) in [5, 5.41) is 1.26. The highest BCUT2D eigenvalue weighted by Gasteiger charge is 2.14. The molecule has 0 saturated carbocycles. The highest BCUT2D eigenvalue weighted by molar-refractivity contribution is 5.91. The molecule has 0 saturated heterocycles. The van der Waals surface area contributed by atoms with Gasteiger partial charge >= 0.3 is 0 Å². The van der Waals surface area contributed by atoms with Crippen molar-refractivity contribution in [2.75, 3.05) is 0 Å². The molecule has 4 rings (SSSR count). The van der Waals surface area contributed by atoms with Gasteiger partial charge in [0.15, 0.2) is 0 Å². The largest absolute Gasteiger partial charge is 0.309 e. The summed E-state index contributed by atoms with van der Waals surface area (Å²) >= 11 is 0. The van der Waals surface area contributed by atoms with Gasteiger partial charge in [-0.05, 0) is 36.8 Å². The predicted octanol–water partition coefficient (Wildman–Crippen LogP) is 6.08. The number of hydrogen-bond acceptors (Lipinski definition) is 0. The van der Waals surface area contributed by atoms with Gasteiger partial charge < -0.3 is 4.57 Å². The molecule has 0 fully saturated rings. The number of hydrogen-bond donors (Lipinski definition) is 0. The predicted molar refractivity (Wildman–Crippen MR) is 102 cm³/mol. The van der Waals surface area contributed by atoms with E-state index in [1.165, 1.54) is 33.4 Å². The van der Waals surface area contributed by atoms with Crippen LogP contribution in [0.1, 0.15) is 18.2 Å². The van der Waals surface area contributed by atoms with E-state index in [2.05, 4.69) is 109 Å². The minimum atomic E-state index is 1.18. The summed E-state index contributed by atoms with van der Waals surface area (Å²) < 4.78 is 2.34. The Morgan fingerprint density at radius 2 is 1.38 bits per heavy atom. The first kappa shape index (κ1) is 14.5. The number of rotatable bonds is 3. The van der Waals surface area contributed by atoms with Gasteiger partial charge in [0.25, 0.3) is 0 Å². The van der Waals surface area contributed by atoms with E-state index < -0.39 is 0 Å². The fourth-order valence-corrected chi connectivity index (χ4v) is 3.29. The standard InChI is InChI=1S/C23H19N/c1-2-21(18-11-5-3-6-12-18)23-17-19-13-9-10-16-22(19)24(23)20-14-7-4-8-15-20/h2-17H,1H3/b21-2+. The van der Waals surface area contributed by atoms with Crippen molar-refractivity contribution in [3.63, 3.8) is 0 Å². The van der Waals surface area contributed by atoms with Crippen LogP contribution in [0, 0.1) is 0 Å². The molecule has 0 N–H and O–H groups in total. The van der Waals surface area contributed by atoms with Gasteiger partial charge in [0.1, 0.15) is 0 Å². The zero-order valence-corrected chi connectivity index (χ0v) is 13.7. The molecule has 0 amide bonds. The van der Waals surface area contributed by atoms with Crippen LogP contribution in [0.4, 0.5) is 0 Å². The maximum Gasteiger partial charge on any atom is 0.0543 e. The molecule has 1 heterocycles. The summed E-state index contributed by atoms with van der Waals surface area (Å²) in [7, 11) is 0. The Bertz CT molecular complexity index is 992. The lowest BCUT2D eigenvalue weighted by atomic mass is 10.0. The lowest BCUT2D eigenvalue weighted by Gasteiger charge is -2.14. The van der Waals surface area contributed by atoms with Crippen molar-refractivity contribution in [2.24, 2.45) is 0 Å². The SMILES string of the molecule is C/C=C(\c1ccccc1)c1cc2ccccc2n1-c1ccccc1. The Morgan fingerprint density at radius 1 is 0.750 bits per heavy atom. The van der Waals surface area contributed by atoms with Crippen LogP contribution in [0.2, 0.25) is 0 Å². The molecular formula is C23H19N. The third-order valence-electron chi connectivity index (χ3n) is 4.37. The highest BCUT2D eigenvalue weighted by atomic mass is 15.0. The third-order valence-corrected chi connectivity index (χ3v) is 4.37. The number of fused-ring (bicyclic) bond motifs is 1. The van der Waals surface area contributed by atoms with Crippen molar-refractivity contribution < 1.29 is 0 Å². The first-order valence-electron chi connectivity index (χ1n) is 8.26.